The lowest BCUT2D eigenvalue weighted by Gasteiger charge is -2.30. The zero-order valence-corrected chi connectivity index (χ0v) is 20.9. The van der Waals surface area contributed by atoms with Gasteiger partial charge in [-0.25, -0.2) is 0 Å². The summed E-state index contributed by atoms with van der Waals surface area (Å²) in [6, 6.07) is 22.5. The number of likely N-dealkylation sites (tertiary alicyclic amines) is 1. The minimum absolute atomic E-state index is 0.0524. The van der Waals surface area contributed by atoms with Gasteiger partial charge in [-0.05, 0) is 82.7 Å². The maximum atomic E-state index is 12.7. The maximum absolute atomic E-state index is 12.7. The van der Waals surface area contributed by atoms with Crippen molar-refractivity contribution in [2.75, 3.05) is 25.0 Å². The highest BCUT2D eigenvalue weighted by Crippen LogP contribution is 2.27. The molecule has 5 nitrogen and oxygen atoms in total. The van der Waals surface area contributed by atoms with E-state index in [4.69, 9.17) is 4.74 Å². The third-order valence-corrected chi connectivity index (χ3v) is 6.77. The Balaban J connectivity index is 1.31. The smallest absolute Gasteiger partial charge is 0.255 e. The van der Waals surface area contributed by atoms with E-state index in [0.717, 1.165) is 36.8 Å². The lowest BCUT2D eigenvalue weighted by Crippen LogP contribution is -2.37. The van der Waals surface area contributed by atoms with Crippen LogP contribution in [0.2, 0.25) is 0 Å². The average Bonchev–Trinajstić information content (AvgIpc) is 2.86. The largest absolute Gasteiger partial charge is 0.492 e. The van der Waals surface area contributed by atoms with Crippen LogP contribution < -0.4 is 10.1 Å². The number of nitrogens with zero attached hydrogens (tertiary/aromatic N) is 1. The molecule has 0 radical (unpaired) electrons. The normalized spacial score (nSPS) is 14.0. The Morgan fingerprint density at radius 1 is 0.971 bits per heavy atom. The fourth-order valence-corrected chi connectivity index (χ4v) is 4.47. The van der Waals surface area contributed by atoms with Gasteiger partial charge in [-0.15, -0.1) is 0 Å². The molecule has 0 atom stereocenters. The Bertz CT molecular complexity index is 1120. The van der Waals surface area contributed by atoms with Crippen molar-refractivity contribution >= 4 is 33.4 Å². The molecule has 0 bridgehead atoms. The number of hydrogen-bond acceptors (Lipinski definition) is 3. The SMILES string of the molecule is CC1CCN(C(=O)c2ccc(NC(=O)c3ccc(OCCc4ccccc4)c(Br)c3)cc2)CC1. The topological polar surface area (TPSA) is 58.6 Å². The molecule has 1 saturated heterocycles. The molecule has 2 amide bonds. The van der Waals surface area contributed by atoms with Crippen LogP contribution in [0, 0.1) is 5.92 Å². The van der Waals surface area contributed by atoms with E-state index in [1.807, 2.05) is 23.1 Å². The molecule has 4 rings (SSSR count). The summed E-state index contributed by atoms with van der Waals surface area (Å²) in [5.74, 6) is 1.20. The third kappa shape index (κ3) is 6.26. The molecule has 0 aliphatic carbocycles. The standard InChI is InChI=1S/C28H29BrN2O3/c1-20-13-16-31(17-14-20)28(33)22-7-10-24(11-8-22)30-27(32)23-9-12-26(25(29)19-23)34-18-15-21-5-3-2-4-6-21/h2-12,19-20H,13-18H2,1H3,(H,30,32). The lowest BCUT2D eigenvalue weighted by molar-refractivity contribution is 0.0697. The number of hydrogen-bond donors (Lipinski definition) is 1. The molecule has 0 unspecified atom stereocenters. The molecule has 0 aromatic heterocycles. The molecular formula is C28H29BrN2O3. The fourth-order valence-electron chi connectivity index (χ4n) is 3.98. The minimum atomic E-state index is -0.222. The van der Waals surface area contributed by atoms with Gasteiger partial charge in [-0.3, -0.25) is 9.59 Å². The van der Waals surface area contributed by atoms with E-state index in [2.05, 4.69) is 40.3 Å². The van der Waals surface area contributed by atoms with Gasteiger partial charge in [0, 0.05) is 36.3 Å². The first-order chi connectivity index (χ1) is 16.5. The third-order valence-electron chi connectivity index (χ3n) is 6.15. The molecule has 0 saturated carbocycles. The molecule has 3 aromatic carbocycles. The number of benzene rings is 3. The van der Waals surface area contributed by atoms with Crippen LogP contribution in [0.3, 0.4) is 0 Å². The van der Waals surface area contributed by atoms with Crippen LogP contribution >= 0.6 is 15.9 Å². The van der Waals surface area contributed by atoms with Crippen molar-refractivity contribution in [2.45, 2.75) is 26.2 Å². The van der Waals surface area contributed by atoms with Gasteiger partial charge >= 0.3 is 0 Å². The van der Waals surface area contributed by atoms with E-state index < -0.39 is 0 Å². The summed E-state index contributed by atoms with van der Waals surface area (Å²) in [5, 5.41) is 2.90. The van der Waals surface area contributed by atoms with E-state index in [9.17, 15) is 9.59 Å². The molecule has 1 N–H and O–H groups in total. The predicted molar refractivity (Wildman–Crippen MR) is 138 cm³/mol. The first-order valence-electron chi connectivity index (χ1n) is 11.7. The second-order valence-corrected chi connectivity index (χ2v) is 9.59. The summed E-state index contributed by atoms with van der Waals surface area (Å²) < 4.78 is 6.60. The predicted octanol–water partition coefficient (Wildman–Crippen LogP) is 6.20. The Morgan fingerprint density at radius 3 is 2.32 bits per heavy atom. The molecule has 34 heavy (non-hydrogen) atoms. The molecular weight excluding hydrogens is 492 g/mol. The summed E-state index contributed by atoms with van der Waals surface area (Å²) in [6.07, 6.45) is 2.91. The van der Waals surface area contributed by atoms with Gasteiger partial charge in [-0.1, -0.05) is 37.3 Å². The number of piperidine rings is 1. The van der Waals surface area contributed by atoms with Gasteiger partial charge in [0.2, 0.25) is 0 Å². The number of anilines is 1. The monoisotopic (exact) mass is 520 g/mol. The number of rotatable bonds is 7. The number of halogens is 1. The van der Waals surface area contributed by atoms with Gasteiger partial charge in [-0.2, -0.15) is 0 Å². The number of nitrogens with one attached hydrogen (secondary N) is 1. The lowest BCUT2D eigenvalue weighted by atomic mass is 9.98. The summed E-state index contributed by atoms with van der Waals surface area (Å²) in [4.78, 5) is 27.3. The van der Waals surface area contributed by atoms with Crippen LogP contribution in [0.1, 0.15) is 46.0 Å². The number of carbonyl (C=O) groups is 2. The van der Waals surface area contributed by atoms with E-state index in [-0.39, 0.29) is 11.8 Å². The first kappa shape index (κ1) is 24.0. The van der Waals surface area contributed by atoms with Gasteiger partial charge in [0.15, 0.2) is 0 Å². The van der Waals surface area contributed by atoms with Crippen molar-refractivity contribution in [3.8, 4) is 5.75 Å². The van der Waals surface area contributed by atoms with Crippen LogP contribution in [-0.2, 0) is 6.42 Å². The van der Waals surface area contributed by atoms with E-state index in [0.29, 0.717) is 35.1 Å². The number of amides is 2. The average molecular weight is 521 g/mol. The van der Waals surface area contributed by atoms with E-state index >= 15 is 0 Å². The van der Waals surface area contributed by atoms with Crippen LogP contribution in [0.25, 0.3) is 0 Å². The zero-order chi connectivity index (χ0) is 23.9. The van der Waals surface area contributed by atoms with Crippen molar-refractivity contribution in [3.63, 3.8) is 0 Å². The number of ether oxygens (including phenoxy) is 1. The summed E-state index contributed by atoms with van der Waals surface area (Å²) in [5.41, 5.74) is 3.03. The fraction of sp³-hybridized carbons (Fsp3) is 0.286. The second kappa shape index (κ2) is 11.3. The van der Waals surface area contributed by atoms with Gasteiger partial charge in [0.1, 0.15) is 5.75 Å². The van der Waals surface area contributed by atoms with Crippen molar-refractivity contribution in [1.82, 2.24) is 4.90 Å². The Labute approximate surface area is 209 Å². The molecule has 6 heteroatoms. The number of carbonyl (C=O) groups excluding carboxylic acids is 2. The Morgan fingerprint density at radius 2 is 1.65 bits per heavy atom. The quantitative estimate of drug-likeness (QED) is 0.403. The van der Waals surface area contributed by atoms with Crippen molar-refractivity contribution < 1.29 is 14.3 Å². The van der Waals surface area contributed by atoms with Gasteiger partial charge in [0.25, 0.3) is 11.8 Å². The van der Waals surface area contributed by atoms with E-state index in [1.54, 1.807) is 42.5 Å². The Kier molecular flexibility index (Phi) is 8.01. The first-order valence-corrected chi connectivity index (χ1v) is 12.5. The summed E-state index contributed by atoms with van der Waals surface area (Å²) in [6.45, 7) is 4.39. The second-order valence-electron chi connectivity index (χ2n) is 8.74. The molecule has 1 fully saturated rings. The zero-order valence-electron chi connectivity index (χ0n) is 19.3. The summed E-state index contributed by atoms with van der Waals surface area (Å²) in [7, 11) is 0. The molecule has 1 aliphatic rings. The van der Waals surface area contributed by atoms with Gasteiger partial charge in [0.05, 0.1) is 11.1 Å². The maximum Gasteiger partial charge on any atom is 0.255 e. The highest BCUT2D eigenvalue weighted by molar-refractivity contribution is 9.10. The van der Waals surface area contributed by atoms with Gasteiger partial charge < -0.3 is 15.0 Å². The molecule has 1 aliphatic heterocycles. The summed E-state index contributed by atoms with van der Waals surface area (Å²) >= 11 is 3.51. The van der Waals surface area contributed by atoms with Crippen LogP contribution in [-0.4, -0.2) is 36.4 Å². The highest BCUT2D eigenvalue weighted by Gasteiger charge is 2.21. The minimum Gasteiger partial charge on any atom is -0.492 e. The van der Waals surface area contributed by atoms with E-state index in [1.165, 1.54) is 5.56 Å². The van der Waals surface area contributed by atoms with Crippen molar-refractivity contribution in [3.05, 3.63) is 94.0 Å². The molecule has 0 spiro atoms. The molecule has 1 heterocycles. The van der Waals surface area contributed by atoms with Crippen LogP contribution in [0.15, 0.2) is 77.3 Å². The van der Waals surface area contributed by atoms with Crippen molar-refractivity contribution in [1.29, 1.82) is 0 Å². The molecule has 3 aromatic rings. The van der Waals surface area contributed by atoms with Crippen LogP contribution in [0.4, 0.5) is 5.69 Å². The Hall–Kier alpha value is -3.12. The molecule has 176 valence electrons. The van der Waals surface area contributed by atoms with Crippen LogP contribution in [0.5, 0.6) is 5.75 Å². The highest BCUT2D eigenvalue weighted by atomic mass is 79.9. The van der Waals surface area contributed by atoms with Crippen molar-refractivity contribution in [2.24, 2.45) is 5.92 Å².